The van der Waals surface area contributed by atoms with Gasteiger partial charge in [0.15, 0.2) is 0 Å². The summed E-state index contributed by atoms with van der Waals surface area (Å²) in [4.78, 5) is 0. The third-order valence-electron chi connectivity index (χ3n) is 0. The molecule has 0 rings (SSSR count). The molecule has 0 aliphatic heterocycles. The predicted octanol–water partition coefficient (Wildman–Crippen LogP) is 2.94. The van der Waals surface area contributed by atoms with Crippen molar-refractivity contribution in [1.29, 1.82) is 0 Å². The van der Waals surface area contributed by atoms with Crippen LogP contribution in [-0.2, 0) is 18.8 Å². The Hall–Kier alpha value is 0.978. The van der Waals surface area contributed by atoms with Crippen LogP contribution in [0.3, 0.4) is 0 Å². The van der Waals surface area contributed by atoms with Crippen LogP contribution in [0.4, 0.5) is 0 Å². The molecule has 7 heavy (non-hydrogen) atoms. The molecule has 0 aromatic rings. The normalized spacial score (nSPS) is 1.00. The van der Waals surface area contributed by atoms with Crippen LogP contribution in [-0.4, -0.2) is 0 Å². The van der Waals surface area contributed by atoms with E-state index in [0.29, 0.717) is 0 Å². The third kappa shape index (κ3) is 181. The standard InChI is InChI=1S/5CH3.ClH.Pt/h5*1H3;1H;/q5*-1;;+1/p-1. The molecule has 0 bridgehead atoms. The van der Waals surface area contributed by atoms with Crippen molar-refractivity contribution >= 4 is 9.42 Å². The van der Waals surface area contributed by atoms with Gasteiger partial charge in [0.25, 0.3) is 0 Å². The van der Waals surface area contributed by atoms with E-state index >= 15 is 0 Å². The molecule has 0 saturated carbocycles. The van der Waals surface area contributed by atoms with Gasteiger partial charge in [-0.3, -0.25) is 0 Å². The first-order valence-electron chi connectivity index (χ1n) is 0.120. The second-order valence-electron chi connectivity index (χ2n) is 0. The van der Waals surface area contributed by atoms with Crippen LogP contribution in [0, 0.1) is 37.1 Å². The molecule has 0 spiro atoms. The fraction of sp³-hybridized carbons (Fsp3) is 0. The van der Waals surface area contributed by atoms with Gasteiger partial charge >= 0.3 is 28.2 Å². The van der Waals surface area contributed by atoms with E-state index in [2.05, 4.69) is 9.42 Å². The zero-order valence-corrected chi connectivity index (χ0v) is 8.72. The van der Waals surface area contributed by atoms with E-state index in [0.717, 1.165) is 0 Å². The average molecular weight is 306 g/mol. The van der Waals surface area contributed by atoms with Crippen LogP contribution >= 0.6 is 9.42 Å². The van der Waals surface area contributed by atoms with E-state index in [1.165, 1.54) is 0 Å². The number of hydrogen-bond donors (Lipinski definition) is 0. The summed E-state index contributed by atoms with van der Waals surface area (Å²) in [5, 5.41) is 0. The Morgan fingerprint density at radius 1 is 0.571 bits per heavy atom. The van der Waals surface area contributed by atoms with E-state index in [9.17, 15) is 0 Å². The maximum atomic E-state index is 4.61. The van der Waals surface area contributed by atoms with Crippen molar-refractivity contribution in [2.45, 2.75) is 0 Å². The Balaban J connectivity index is -0.000000000500. The number of rotatable bonds is 0. The Kier molecular flexibility index (Phi) is 3700. The van der Waals surface area contributed by atoms with E-state index in [4.69, 9.17) is 0 Å². The first kappa shape index (κ1) is 99.3. The molecule has 0 aliphatic carbocycles. The van der Waals surface area contributed by atoms with Gasteiger partial charge in [-0.2, -0.15) is 0 Å². The molecule has 0 radical (unpaired) electrons. The minimum atomic E-state index is 0. The van der Waals surface area contributed by atoms with Crippen LogP contribution in [0.25, 0.3) is 0 Å². The summed E-state index contributed by atoms with van der Waals surface area (Å²) in [6, 6.07) is 0. The number of hydrogen-bond acceptors (Lipinski definition) is 0. The summed E-state index contributed by atoms with van der Waals surface area (Å²) in [5.41, 5.74) is 0. The molecule has 0 aromatic carbocycles. The predicted molar refractivity (Wildman–Crippen MR) is 37.9 cm³/mol. The summed E-state index contributed by atoms with van der Waals surface area (Å²) < 4.78 is 0. The zero-order valence-electron chi connectivity index (χ0n) is 5.69. The summed E-state index contributed by atoms with van der Waals surface area (Å²) in [6.07, 6.45) is 0. The Labute approximate surface area is 65.5 Å². The van der Waals surface area contributed by atoms with Gasteiger partial charge in [-0.05, 0) is 0 Å². The van der Waals surface area contributed by atoms with Gasteiger partial charge in [0, 0.05) is 0 Å². The molecule has 0 nitrogen and oxygen atoms in total. The van der Waals surface area contributed by atoms with Crippen LogP contribution in [0.15, 0.2) is 0 Å². The molecule has 0 saturated heterocycles. The SMILES string of the molecule is [CH3-].[CH3-].[CH3-].[CH3-].[CH3-].[Cl][Pt]. The second kappa shape index (κ2) is 261. The minimum absolute atomic E-state index is 0. The molecule has 0 fully saturated rings. The van der Waals surface area contributed by atoms with Gasteiger partial charge in [-0.25, -0.2) is 0 Å². The van der Waals surface area contributed by atoms with Crippen LogP contribution in [0.5, 0.6) is 0 Å². The van der Waals surface area contributed by atoms with Crippen molar-refractivity contribution in [1.82, 2.24) is 0 Å². The molecule has 0 amide bonds. The molecule has 0 N–H and O–H groups in total. The van der Waals surface area contributed by atoms with E-state index in [1.54, 1.807) is 18.8 Å². The summed E-state index contributed by atoms with van der Waals surface area (Å²) in [6.45, 7) is 0. The van der Waals surface area contributed by atoms with Gasteiger partial charge in [0.2, 0.25) is 0 Å². The Bertz CT molecular complexity index is 8.04. The third-order valence-corrected chi connectivity index (χ3v) is 0. The number of halogens is 1. The monoisotopic (exact) mass is 305 g/mol. The fourth-order valence-corrected chi connectivity index (χ4v) is 0. The Morgan fingerprint density at radius 2 is 0.571 bits per heavy atom. The van der Waals surface area contributed by atoms with Crippen molar-refractivity contribution in [3.8, 4) is 0 Å². The quantitative estimate of drug-likeness (QED) is 0.604. The van der Waals surface area contributed by atoms with Crippen LogP contribution in [0.1, 0.15) is 0 Å². The molecular weight excluding hydrogens is 291 g/mol. The van der Waals surface area contributed by atoms with Crippen molar-refractivity contribution < 1.29 is 18.8 Å². The molecule has 0 atom stereocenters. The molecule has 0 aliphatic rings. The van der Waals surface area contributed by atoms with Gasteiger partial charge in [-0.15, -0.1) is 0 Å². The first-order chi connectivity index (χ1) is 1.00. The van der Waals surface area contributed by atoms with Crippen molar-refractivity contribution in [2.75, 3.05) is 0 Å². The molecule has 57 valence electrons. The summed E-state index contributed by atoms with van der Waals surface area (Å²) in [7, 11) is 4.61. The van der Waals surface area contributed by atoms with Gasteiger partial charge in [0.1, 0.15) is 0 Å². The first-order valence-corrected chi connectivity index (χ1v) is 2.94. The van der Waals surface area contributed by atoms with Crippen molar-refractivity contribution in [2.24, 2.45) is 0 Å². The zero-order chi connectivity index (χ0) is 2.00. The topological polar surface area (TPSA) is 0 Å². The molecule has 0 aromatic heterocycles. The molecular formula is C5H15ClPt-5. The molecule has 0 heterocycles. The molecule has 2 heteroatoms. The second-order valence-corrected chi connectivity index (χ2v) is 0. The Morgan fingerprint density at radius 3 is 0.571 bits per heavy atom. The molecule has 0 unspecified atom stereocenters. The maximum absolute atomic E-state index is 4.61. The van der Waals surface area contributed by atoms with Crippen molar-refractivity contribution in [3.05, 3.63) is 37.1 Å². The van der Waals surface area contributed by atoms with E-state index < -0.39 is 0 Å². The van der Waals surface area contributed by atoms with E-state index in [1.807, 2.05) is 0 Å². The fourth-order valence-electron chi connectivity index (χ4n) is 0. The van der Waals surface area contributed by atoms with Crippen molar-refractivity contribution in [3.63, 3.8) is 0 Å². The average Bonchev–Trinajstić information content (AvgIpc) is 1.00. The van der Waals surface area contributed by atoms with Crippen LogP contribution in [0.2, 0.25) is 0 Å². The van der Waals surface area contributed by atoms with Gasteiger partial charge < -0.3 is 37.1 Å². The summed E-state index contributed by atoms with van der Waals surface area (Å²) in [5.74, 6) is 0. The van der Waals surface area contributed by atoms with Gasteiger partial charge in [0.05, 0.1) is 0 Å². The van der Waals surface area contributed by atoms with Gasteiger partial charge in [-0.1, -0.05) is 0 Å². The van der Waals surface area contributed by atoms with E-state index in [-0.39, 0.29) is 37.1 Å². The van der Waals surface area contributed by atoms with Crippen LogP contribution < -0.4 is 0 Å². The summed E-state index contributed by atoms with van der Waals surface area (Å²) >= 11 is 1.61.